The van der Waals surface area contributed by atoms with E-state index >= 15 is 0 Å². The van der Waals surface area contributed by atoms with Crippen LogP contribution in [0.15, 0.2) is 41.3 Å². The Hall–Kier alpha value is -3.09. The molecule has 0 aliphatic carbocycles. The number of carbonyl (C=O) groups excluding carboxylic acids is 1. The highest BCUT2D eigenvalue weighted by atomic mass is 16.5. The van der Waals surface area contributed by atoms with Crippen LogP contribution in [0.2, 0.25) is 0 Å². The van der Waals surface area contributed by atoms with Gasteiger partial charge in [-0.2, -0.15) is 5.10 Å². The van der Waals surface area contributed by atoms with Gasteiger partial charge >= 0.3 is 5.97 Å². The van der Waals surface area contributed by atoms with Gasteiger partial charge in [-0.25, -0.2) is 4.79 Å². The molecule has 0 radical (unpaired) electrons. The maximum absolute atomic E-state index is 12.4. The number of hydrogen-bond acceptors (Lipinski definition) is 5. The molecular formula is C18H19N3O4. The molecule has 3 rings (SSSR count). The minimum Gasteiger partial charge on any atom is -0.497 e. The average molecular weight is 341 g/mol. The quantitative estimate of drug-likeness (QED) is 0.663. The topological polar surface area (TPSA) is 75.4 Å². The van der Waals surface area contributed by atoms with E-state index in [1.54, 1.807) is 48.7 Å². The number of benzene rings is 1. The van der Waals surface area contributed by atoms with E-state index in [0.717, 1.165) is 5.39 Å². The molecule has 25 heavy (non-hydrogen) atoms. The van der Waals surface area contributed by atoms with Crippen molar-refractivity contribution in [2.45, 2.75) is 13.5 Å². The van der Waals surface area contributed by atoms with Crippen molar-refractivity contribution in [2.24, 2.45) is 7.05 Å². The molecular weight excluding hydrogens is 322 g/mol. The first-order valence-electron chi connectivity index (χ1n) is 7.90. The Balaban J connectivity index is 2.11. The maximum atomic E-state index is 12.4. The molecule has 3 aromatic rings. The maximum Gasteiger partial charge on any atom is 0.341 e. The van der Waals surface area contributed by atoms with Crippen LogP contribution < -0.4 is 10.3 Å². The number of fused-ring (bicyclic) bond motifs is 1. The zero-order chi connectivity index (χ0) is 18.0. The highest BCUT2D eigenvalue weighted by Gasteiger charge is 2.18. The molecule has 0 fully saturated rings. The number of pyridine rings is 1. The van der Waals surface area contributed by atoms with Crippen molar-refractivity contribution < 1.29 is 14.3 Å². The summed E-state index contributed by atoms with van der Waals surface area (Å²) in [5.41, 5.74) is 1.38. The lowest BCUT2D eigenvalue weighted by Gasteiger charge is -2.11. The fourth-order valence-electron chi connectivity index (χ4n) is 2.74. The van der Waals surface area contributed by atoms with Crippen LogP contribution >= 0.6 is 0 Å². The fraction of sp³-hybridized carbons (Fsp3) is 0.278. The van der Waals surface area contributed by atoms with Crippen molar-refractivity contribution in [3.8, 4) is 5.75 Å². The molecule has 0 aliphatic heterocycles. The van der Waals surface area contributed by atoms with Gasteiger partial charge in [0.1, 0.15) is 11.3 Å². The number of hydrogen-bond donors (Lipinski definition) is 0. The summed E-state index contributed by atoms with van der Waals surface area (Å²) in [6, 6.07) is 8.78. The molecule has 0 saturated carbocycles. The monoisotopic (exact) mass is 341 g/mol. The summed E-state index contributed by atoms with van der Waals surface area (Å²) in [4.78, 5) is 24.6. The third-order valence-corrected chi connectivity index (χ3v) is 3.91. The van der Waals surface area contributed by atoms with Gasteiger partial charge in [0.2, 0.25) is 0 Å². The number of aryl methyl sites for hydroxylation is 1. The highest BCUT2D eigenvalue weighted by molar-refractivity contribution is 5.90. The minimum absolute atomic E-state index is 0.165. The van der Waals surface area contributed by atoms with Gasteiger partial charge in [-0.1, -0.05) is 0 Å². The first-order valence-corrected chi connectivity index (χ1v) is 7.90. The predicted octanol–water partition coefficient (Wildman–Crippen LogP) is 1.97. The molecule has 7 nitrogen and oxygen atoms in total. The Bertz CT molecular complexity index is 988. The fourth-order valence-corrected chi connectivity index (χ4v) is 2.74. The Morgan fingerprint density at radius 3 is 2.72 bits per heavy atom. The number of nitrogens with zero attached hydrogens (tertiary/aromatic N) is 3. The largest absolute Gasteiger partial charge is 0.497 e. The van der Waals surface area contributed by atoms with Gasteiger partial charge < -0.3 is 14.0 Å². The van der Waals surface area contributed by atoms with Crippen LogP contribution in [0.5, 0.6) is 5.75 Å². The number of methoxy groups -OCH3 is 1. The molecule has 0 unspecified atom stereocenters. The van der Waals surface area contributed by atoms with Gasteiger partial charge in [0, 0.05) is 25.4 Å². The van der Waals surface area contributed by atoms with Crippen LogP contribution in [0, 0.1) is 0 Å². The molecule has 2 heterocycles. The molecule has 7 heteroatoms. The van der Waals surface area contributed by atoms with Crippen molar-refractivity contribution in [3.05, 3.63) is 58.1 Å². The van der Waals surface area contributed by atoms with Gasteiger partial charge in [0.25, 0.3) is 5.56 Å². The third kappa shape index (κ3) is 3.26. The van der Waals surface area contributed by atoms with Crippen molar-refractivity contribution in [2.75, 3.05) is 13.7 Å². The van der Waals surface area contributed by atoms with Crippen molar-refractivity contribution in [1.82, 2.24) is 14.3 Å². The first kappa shape index (κ1) is 16.8. The van der Waals surface area contributed by atoms with Crippen molar-refractivity contribution in [3.63, 3.8) is 0 Å². The number of carbonyl (C=O) groups is 1. The van der Waals surface area contributed by atoms with E-state index in [1.807, 2.05) is 12.1 Å². The number of rotatable bonds is 5. The van der Waals surface area contributed by atoms with Crippen LogP contribution in [0.1, 0.15) is 23.0 Å². The zero-order valence-corrected chi connectivity index (χ0v) is 14.4. The molecule has 0 aliphatic rings. The molecule has 0 spiro atoms. The molecule has 0 amide bonds. The summed E-state index contributed by atoms with van der Waals surface area (Å²) in [7, 11) is 3.30. The predicted molar refractivity (Wildman–Crippen MR) is 93.0 cm³/mol. The Labute approximate surface area is 144 Å². The van der Waals surface area contributed by atoms with Gasteiger partial charge in [0.15, 0.2) is 0 Å². The van der Waals surface area contributed by atoms with Crippen LogP contribution in [-0.4, -0.2) is 34.0 Å². The lowest BCUT2D eigenvalue weighted by atomic mass is 10.2. The van der Waals surface area contributed by atoms with Crippen molar-refractivity contribution >= 4 is 16.9 Å². The SMILES string of the molecule is CCOC(=O)c1cn(C)nc1Cn1c(=O)ccc2ccc(OC)cc21. The molecule has 2 aromatic heterocycles. The van der Waals surface area contributed by atoms with Crippen LogP contribution in [-0.2, 0) is 18.3 Å². The Kier molecular flexibility index (Phi) is 4.56. The van der Waals surface area contributed by atoms with E-state index in [9.17, 15) is 9.59 Å². The molecule has 130 valence electrons. The second-order valence-electron chi connectivity index (χ2n) is 5.57. The second kappa shape index (κ2) is 6.80. The average Bonchev–Trinajstić information content (AvgIpc) is 2.98. The summed E-state index contributed by atoms with van der Waals surface area (Å²) in [5.74, 6) is 0.204. The van der Waals surface area contributed by atoms with Gasteiger partial charge in [-0.15, -0.1) is 0 Å². The number of ether oxygens (including phenoxy) is 2. The molecule has 0 bridgehead atoms. The molecule has 0 atom stereocenters. The zero-order valence-electron chi connectivity index (χ0n) is 14.4. The standard InChI is InChI=1S/C18H19N3O4/c1-4-25-18(23)14-10-20(2)19-15(14)11-21-16-9-13(24-3)7-5-12(16)6-8-17(21)22/h5-10H,4,11H2,1-3H3. The van der Waals surface area contributed by atoms with E-state index in [4.69, 9.17) is 9.47 Å². The lowest BCUT2D eigenvalue weighted by Crippen LogP contribution is -2.21. The van der Waals surface area contributed by atoms with Gasteiger partial charge in [-0.3, -0.25) is 9.48 Å². The van der Waals surface area contributed by atoms with E-state index < -0.39 is 5.97 Å². The summed E-state index contributed by atoms with van der Waals surface area (Å²) < 4.78 is 13.4. The van der Waals surface area contributed by atoms with Crippen LogP contribution in [0.3, 0.4) is 0 Å². The third-order valence-electron chi connectivity index (χ3n) is 3.91. The molecule has 0 saturated heterocycles. The van der Waals surface area contributed by atoms with E-state index in [1.165, 1.54) is 6.07 Å². The van der Waals surface area contributed by atoms with Crippen molar-refractivity contribution in [1.29, 1.82) is 0 Å². The normalized spacial score (nSPS) is 10.8. The smallest absolute Gasteiger partial charge is 0.341 e. The van der Waals surface area contributed by atoms with Gasteiger partial charge in [0.05, 0.1) is 31.5 Å². The van der Waals surface area contributed by atoms with Gasteiger partial charge in [-0.05, 0) is 30.5 Å². The second-order valence-corrected chi connectivity index (χ2v) is 5.57. The highest BCUT2D eigenvalue weighted by Crippen LogP contribution is 2.20. The summed E-state index contributed by atoms with van der Waals surface area (Å²) in [6.07, 6.45) is 1.60. The summed E-state index contributed by atoms with van der Waals surface area (Å²) in [5, 5.41) is 5.22. The Morgan fingerprint density at radius 2 is 2.00 bits per heavy atom. The van der Waals surface area contributed by atoms with E-state index in [-0.39, 0.29) is 18.7 Å². The lowest BCUT2D eigenvalue weighted by molar-refractivity contribution is 0.0525. The minimum atomic E-state index is -0.448. The van der Waals surface area contributed by atoms with Crippen LogP contribution in [0.25, 0.3) is 10.9 Å². The summed E-state index contributed by atoms with van der Waals surface area (Å²) >= 11 is 0. The first-order chi connectivity index (χ1) is 12.0. The molecule has 1 aromatic carbocycles. The number of esters is 1. The van der Waals surface area contributed by atoms with E-state index in [0.29, 0.717) is 22.5 Å². The summed E-state index contributed by atoms with van der Waals surface area (Å²) in [6.45, 7) is 2.19. The van der Waals surface area contributed by atoms with E-state index in [2.05, 4.69) is 5.10 Å². The van der Waals surface area contributed by atoms with Crippen LogP contribution in [0.4, 0.5) is 0 Å². The number of aromatic nitrogens is 3. The Morgan fingerprint density at radius 1 is 1.24 bits per heavy atom. The molecule has 0 N–H and O–H groups in total.